The summed E-state index contributed by atoms with van der Waals surface area (Å²) in [5, 5.41) is 4.09. The highest BCUT2D eigenvalue weighted by Crippen LogP contribution is 2.36. The van der Waals surface area contributed by atoms with Crippen molar-refractivity contribution in [1.29, 1.82) is 0 Å². The van der Waals surface area contributed by atoms with E-state index in [1.165, 1.54) is 6.07 Å². The molecule has 0 aliphatic carbocycles. The number of aryl methyl sites for hydroxylation is 1. The summed E-state index contributed by atoms with van der Waals surface area (Å²) in [5.41, 5.74) is 4.61. The maximum absolute atomic E-state index is 14.4. The molecule has 4 aromatic rings. The second-order valence-electron chi connectivity index (χ2n) is 7.20. The first-order valence-corrected chi connectivity index (χ1v) is 10.4. The number of imidazole rings is 1. The number of aromatic amines is 1. The van der Waals surface area contributed by atoms with Gasteiger partial charge >= 0.3 is 0 Å². The summed E-state index contributed by atoms with van der Waals surface area (Å²) in [6.07, 6.45) is 0. The Labute approximate surface area is 170 Å². The van der Waals surface area contributed by atoms with Crippen LogP contribution in [0.25, 0.3) is 26.8 Å². The van der Waals surface area contributed by atoms with Crippen LogP contribution >= 0.6 is 11.8 Å². The number of halogens is 1. The number of rotatable bonds is 3. The van der Waals surface area contributed by atoms with E-state index in [0.29, 0.717) is 6.54 Å². The SMILES string of the molecule is CC1=C(c2nc3ccccc3n2Cc2cc(=O)[nH]c3c(F)ccc(C)c23)SCN1. The second kappa shape index (κ2) is 6.77. The maximum atomic E-state index is 14.4. The van der Waals surface area contributed by atoms with Gasteiger partial charge in [-0.1, -0.05) is 30.0 Å². The minimum Gasteiger partial charge on any atom is -0.378 e. The summed E-state index contributed by atoms with van der Waals surface area (Å²) in [5.74, 6) is 1.25. The van der Waals surface area contributed by atoms with Crippen LogP contribution in [0.15, 0.2) is 53.0 Å². The van der Waals surface area contributed by atoms with Gasteiger partial charge in [-0.3, -0.25) is 4.79 Å². The number of benzene rings is 2. The minimum atomic E-state index is -0.422. The third-order valence-electron chi connectivity index (χ3n) is 5.32. The Bertz CT molecular complexity index is 1370. The predicted octanol–water partition coefficient (Wildman–Crippen LogP) is 4.36. The number of fused-ring (bicyclic) bond motifs is 2. The zero-order valence-electron chi connectivity index (χ0n) is 16.0. The fourth-order valence-electron chi connectivity index (χ4n) is 3.95. The van der Waals surface area contributed by atoms with E-state index in [2.05, 4.69) is 14.9 Å². The molecule has 2 N–H and O–H groups in total. The topological polar surface area (TPSA) is 62.7 Å². The van der Waals surface area contributed by atoms with Gasteiger partial charge in [0.2, 0.25) is 5.56 Å². The lowest BCUT2D eigenvalue weighted by Gasteiger charge is -2.14. The minimum absolute atomic E-state index is 0.255. The third kappa shape index (κ3) is 2.93. The highest BCUT2D eigenvalue weighted by atomic mass is 32.2. The van der Waals surface area contributed by atoms with Crippen molar-refractivity contribution in [3.05, 3.63) is 81.3 Å². The molecule has 5 nitrogen and oxygen atoms in total. The predicted molar refractivity (Wildman–Crippen MR) is 116 cm³/mol. The molecule has 0 atom stereocenters. The Morgan fingerprint density at radius 2 is 2.03 bits per heavy atom. The van der Waals surface area contributed by atoms with Crippen LogP contribution in [0.5, 0.6) is 0 Å². The zero-order chi connectivity index (χ0) is 20.1. The van der Waals surface area contributed by atoms with E-state index in [-0.39, 0.29) is 11.1 Å². The lowest BCUT2D eigenvalue weighted by atomic mass is 10.0. The molecule has 1 aliphatic heterocycles. The van der Waals surface area contributed by atoms with Crippen LogP contribution in [0.2, 0.25) is 0 Å². The molecule has 0 spiro atoms. The van der Waals surface area contributed by atoms with Crippen LogP contribution < -0.4 is 10.9 Å². The third-order valence-corrected chi connectivity index (χ3v) is 6.38. The molecule has 2 aromatic carbocycles. The molecule has 3 heterocycles. The Hall–Kier alpha value is -3.06. The lowest BCUT2D eigenvalue weighted by molar-refractivity contribution is 0.636. The highest BCUT2D eigenvalue weighted by molar-refractivity contribution is 8.08. The Morgan fingerprint density at radius 3 is 2.83 bits per heavy atom. The number of nitrogens with zero attached hydrogens (tertiary/aromatic N) is 2. The van der Waals surface area contributed by atoms with Crippen molar-refractivity contribution in [2.24, 2.45) is 0 Å². The summed E-state index contributed by atoms with van der Waals surface area (Å²) in [4.78, 5) is 20.9. The maximum Gasteiger partial charge on any atom is 0.248 e. The largest absolute Gasteiger partial charge is 0.378 e. The van der Waals surface area contributed by atoms with Crippen LogP contribution in [0.1, 0.15) is 23.9 Å². The number of pyridine rings is 1. The van der Waals surface area contributed by atoms with Gasteiger partial charge in [0.1, 0.15) is 11.6 Å². The van der Waals surface area contributed by atoms with Crippen molar-refractivity contribution in [1.82, 2.24) is 19.9 Å². The first kappa shape index (κ1) is 18.0. The lowest BCUT2D eigenvalue weighted by Crippen LogP contribution is -2.12. The van der Waals surface area contributed by atoms with Crippen molar-refractivity contribution in [2.75, 3.05) is 5.88 Å². The van der Waals surface area contributed by atoms with E-state index in [4.69, 9.17) is 4.98 Å². The van der Waals surface area contributed by atoms with Gasteiger partial charge in [-0.15, -0.1) is 0 Å². The fraction of sp³-hybridized carbons (Fsp3) is 0.182. The van der Waals surface area contributed by atoms with Gasteiger partial charge in [0.15, 0.2) is 0 Å². The summed E-state index contributed by atoms with van der Waals surface area (Å²) in [6.45, 7) is 4.40. The molecule has 0 unspecified atom stereocenters. The molecule has 0 fully saturated rings. The average Bonchev–Trinajstić information content (AvgIpc) is 3.28. The molecule has 0 saturated carbocycles. The van der Waals surface area contributed by atoms with Gasteiger partial charge in [-0.25, -0.2) is 9.37 Å². The number of H-pyrrole nitrogens is 1. The molecule has 0 saturated heterocycles. The van der Waals surface area contributed by atoms with E-state index in [0.717, 1.165) is 49.8 Å². The number of thioether (sulfide) groups is 1. The van der Waals surface area contributed by atoms with E-state index >= 15 is 0 Å². The van der Waals surface area contributed by atoms with Crippen molar-refractivity contribution in [3.63, 3.8) is 0 Å². The molecule has 5 rings (SSSR count). The molecular weight excluding hydrogens is 387 g/mol. The van der Waals surface area contributed by atoms with E-state index in [1.807, 2.05) is 38.1 Å². The van der Waals surface area contributed by atoms with Gasteiger partial charge in [0.25, 0.3) is 0 Å². The van der Waals surface area contributed by atoms with Gasteiger partial charge in [-0.2, -0.15) is 0 Å². The summed E-state index contributed by atoms with van der Waals surface area (Å²) >= 11 is 1.71. The molecule has 2 aromatic heterocycles. The molecule has 29 heavy (non-hydrogen) atoms. The first-order valence-electron chi connectivity index (χ1n) is 9.37. The second-order valence-corrected chi connectivity index (χ2v) is 8.19. The number of hydrogen-bond donors (Lipinski definition) is 2. The quantitative estimate of drug-likeness (QED) is 0.531. The van der Waals surface area contributed by atoms with E-state index in [1.54, 1.807) is 23.9 Å². The van der Waals surface area contributed by atoms with Gasteiger partial charge in [-0.05, 0) is 43.2 Å². The molecular formula is C22H19FN4OS. The zero-order valence-corrected chi connectivity index (χ0v) is 16.9. The Morgan fingerprint density at radius 1 is 1.21 bits per heavy atom. The Kier molecular flexibility index (Phi) is 4.20. The molecule has 0 radical (unpaired) electrons. The van der Waals surface area contributed by atoms with E-state index < -0.39 is 5.82 Å². The average molecular weight is 406 g/mol. The molecule has 1 aliphatic rings. The normalized spacial score (nSPS) is 14.2. The van der Waals surface area contributed by atoms with E-state index in [9.17, 15) is 9.18 Å². The summed E-state index contributed by atoms with van der Waals surface area (Å²) in [6, 6.07) is 12.7. The van der Waals surface area contributed by atoms with Crippen molar-refractivity contribution in [2.45, 2.75) is 20.4 Å². The van der Waals surface area contributed by atoms with Gasteiger partial charge < -0.3 is 14.9 Å². The van der Waals surface area contributed by atoms with Crippen LogP contribution in [0.4, 0.5) is 4.39 Å². The number of para-hydroxylation sites is 2. The molecule has 0 bridgehead atoms. The monoisotopic (exact) mass is 406 g/mol. The fourth-order valence-corrected chi connectivity index (χ4v) is 4.95. The molecule has 146 valence electrons. The number of aromatic nitrogens is 3. The van der Waals surface area contributed by atoms with Crippen molar-refractivity contribution >= 4 is 38.6 Å². The molecule has 7 heteroatoms. The van der Waals surface area contributed by atoms with Crippen LogP contribution in [0, 0.1) is 12.7 Å². The molecule has 0 amide bonds. The van der Waals surface area contributed by atoms with Crippen molar-refractivity contribution < 1.29 is 4.39 Å². The number of hydrogen-bond acceptors (Lipinski definition) is 4. The number of allylic oxidation sites excluding steroid dienone is 1. The van der Waals surface area contributed by atoms with Gasteiger partial charge in [0, 0.05) is 17.1 Å². The smallest absolute Gasteiger partial charge is 0.248 e. The van der Waals surface area contributed by atoms with Crippen LogP contribution in [-0.4, -0.2) is 20.4 Å². The highest BCUT2D eigenvalue weighted by Gasteiger charge is 2.22. The number of nitrogens with one attached hydrogen (secondary N) is 2. The van der Waals surface area contributed by atoms with Crippen LogP contribution in [0.3, 0.4) is 0 Å². The van der Waals surface area contributed by atoms with Gasteiger partial charge in [0.05, 0.1) is 33.9 Å². The van der Waals surface area contributed by atoms with Crippen molar-refractivity contribution in [3.8, 4) is 0 Å². The van der Waals surface area contributed by atoms with Crippen LogP contribution in [-0.2, 0) is 6.54 Å². The standard InChI is InChI=1S/C22H19FN4OS/c1-12-7-8-15(23)20-19(12)14(9-18(28)26-20)10-27-17-6-4-3-5-16(17)25-22(27)21-13(2)24-11-29-21/h3-9,24H,10-11H2,1-2H3,(H,26,28). The first-order chi connectivity index (χ1) is 14.0. The summed E-state index contributed by atoms with van der Waals surface area (Å²) < 4.78 is 16.5. The Balaban J connectivity index is 1.78. The summed E-state index contributed by atoms with van der Waals surface area (Å²) in [7, 11) is 0.